The summed E-state index contributed by atoms with van der Waals surface area (Å²) in [6.07, 6.45) is 0. The molecule has 0 fully saturated rings. The van der Waals surface area contributed by atoms with Crippen molar-refractivity contribution in [2.45, 2.75) is 0 Å². The van der Waals surface area contributed by atoms with Gasteiger partial charge in [-0.2, -0.15) is 0 Å². The fourth-order valence-electron chi connectivity index (χ4n) is 0.558. The maximum Gasteiger partial charge on any atom is 1.00 e. The van der Waals surface area contributed by atoms with Gasteiger partial charge in [0.05, 0.1) is 4.38 Å². The summed E-state index contributed by atoms with van der Waals surface area (Å²) in [6.45, 7) is 0. The Morgan fingerprint density at radius 3 is 2.33 bits per heavy atom. The first kappa shape index (κ1) is 12.1. The van der Waals surface area contributed by atoms with E-state index in [1.54, 1.807) is 12.1 Å². The first-order valence-corrected chi connectivity index (χ1v) is 3.71. The summed E-state index contributed by atoms with van der Waals surface area (Å²) in [7, 11) is 0. The van der Waals surface area contributed by atoms with Crippen LogP contribution in [0.1, 0.15) is 0 Å². The Morgan fingerprint density at radius 2 is 1.83 bits per heavy atom. The molecule has 5 heteroatoms. The first-order chi connectivity index (χ1) is 5.29. The number of thiocarbonyl (C=S) groups is 1. The molecule has 0 bridgehead atoms. The van der Waals surface area contributed by atoms with Crippen LogP contribution >= 0.6 is 12.2 Å². The average Bonchev–Trinajstić information content (AvgIpc) is 2.03. The minimum absolute atomic E-state index is 0. The second kappa shape index (κ2) is 6.62. The Hall–Kier alpha value is 0.130. The first-order valence-electron chi connectivity index (χ1n) is 2.89. The van der Waals surface area contributed by atoms with E-state index >= 15 is 0 Å². The van der Waals surface area contributed by atoms with Crippen molar-refractivity contribution in [1.29, 1.82) is 0 Å². The monoisotopic (exact) mass is 208 g/mol. The molecule has 0 spiro atoms. The van der Waals surface area contributed by atoms with Crippen molar-refractivity contribution < 1.29 is 39.3 Å². The molecular formula is C7H5NaO2S2. The van der Waals surface area contributed by atoms with Crippen molar-refractivity contribution in [3.05, 3.63) is 30.3 Å². The van der Waals surface area contributed by atoms with E-state index in [9.17, 15) is 0 Å². The third-order valence-corrected chi connectivity index (χ3v) is 1.09. The molecule has 2 nitrogen and oxygen atoms in total. The van der Waals surface area contributed by atoms with Gasteiger partial charge in [0.15, 0.2) is 5.75 Å². The van der Waals surface area contributed by atoms with Crippen LogP contribution in [0.4, 0.5) is 0 Å². The third-order valence-electron chi connectivity index (χ3n) is 0.949. The zero-order valence-corrected chi connectivity index (χ0v) is 10.2. The topological polar surface area (TPSA) is 18.5 Å². The van der Waals surface area contributed by atoms with Gasteiger partial charge in [0.25, 0.3) is 0 Å². The number of para-hydroxylation sites is 1. The number of rotatable bonds is 2. The number of benzene rings is 1. The summed E-state index contributed by atoms with van der Waals surface area (Å²) in [5, 5.41) is 0. The molecule has 1 rings (SSSR count). The van der Waals surface area contributed by atoms with Crippen LogP contribution in [0.25, 0.3) is 0 Å². The van der Waals surface area contributed by atoms with Gasteiger partial charge in [0.2, 0.25) is 0 Å². The largest absolute Gasteiger partial charge is 1.00 e. The van der Waals surface area contributed by atoms with Crippen LogP contribution in [0.5, 0.6) is 5.75 Å². The van der Waals surface area contributed by atoms with Gasteiger partial charge in [-0.25, -0.2) is 0 Å². The Kier molecular flexibility index (Phi) is 6.70. The Labute approximate surface area is 104 Å². The molecule has 0 aliphatic carbocycles. The summed E-state index contributed by atoms with van der Waals surface area (Å²) < 4.78 is -0.0474. The third kappa shape index (κ3) is 4.90. The molecule has 1 aromatic carbocycles. The SMILES string of the molecule is S=C([S-])OOc1ccccc1.[Na+]. The fraction of sp³-hybridized carbons (Fsp3) is 0. The summed E-state index contributed by atoms with van der Waals surface area (Å²) in [4.78, 5) is 9.20. The van der Waals surface area contributed by atoms with Crippen LogP contribution in [0.3, 0.4) is 0 Å². The summed E-state index contributed by atoms with van der Waals surface area (Å²) in [6, 6.07) is 9.01. The molecular weight excluding hydrogens is 203 g/mol. The van der Waals surface area contributed by atoms with E-state index in [2.05, 4.69) is 29.7 Å². The van der Waals surface area contributed by atoms with Crippen molar-refractivity contribution in [3.63, 3.8) is 0 Å². The number of hydrogen-bond acceptors (Lipinski definition) is 4. The van der Waals surface area contributed by atoms with Crippen LogP contribution in [-0.4, -0.2) is 4.38 Å². The van der Waals surface area contributed by atoms with Gasteiger partial charge in [-0.15, -0.1) is 0 Å². The van der Waals surface area contributed by atoms with Gasteiger partial charge in [0, 0.05) is 0 Å². The van der Waals surface area contributed by atoms with Gasteiger partial charge in [-0.05, 0) is 12.1 Å². The van der Waals surface area contributed by atoms with Crippen molar-refractivity contribution in [2.24, 2.45) is 0 Å². The van der Waals surface area contributed by atoms with Crippen LogP contribution < -0.4 is 34.4 Å². The van der Waals surface area contributed by atoms with Crippen LogP contribution in [0.2, 0.25) is 0 Å². The van der Waals surface area contributed by atoms with Gasteiger partial charge in [-0.1, -0.05) is 18.2 Å². The Balaban J connectivity index is 0.00000121. The Bertz CT molecular complexity index is 240. The van der Waals surface area contributed by atoms with Crippen molar-refractivity contribution >= 4 is 29.2 Å². The predicted octanol–water partition coefficient (Wildman–Crippen LogP) is -1.17. The van der Waals surface area contributed by atoms with Crippen molar-refractivity contribution in [1.82, 2.24) is 0 Å². The molecule has 1 aromatic rings. The minimum Gasteiger partial charge on any atom is -0.386 e. The molecule has 58 valence electrons. The van der Waals surface area contributed by atoms with Crippen LogP contribution in [0, 0.1) is 0 Å². The van der Waals surface area contributed by atoms with E-state index in [0.29, 0.717) is 5.75 Å². The van der Waals surface area contributed by atoms with E-state index in [1.165, 1.54) is 0 Å². The average molecular weight is 208 g/mol. The predicted molar refractivity (Wildman–Crippen MR) is 48.1 cm³/mol. The molecule has 0 radical (unpaired) electrons. The second-order valence-electron chi connectivity index (χ2n) is 1.73. The quantitative estimate of drug-likeness (QED) is 0.200. The maximum atomic E-state index is 4.72. The van der Waals surface area contributed by atoms with Crippen LogP contribution in [-0.2, 0) is 17.5 Å². The molecule has 12 heavy (non-hydrogen) atoms. The van der Waals surface area contributed by atoms with E-state index in [4.69, 9.17) is 4.89 Å². The normalized spacial score (nSPS) is 8.00. The molecule has 0 aromatic heterocycles. The molecule has 0 saturated carbocycles. The zero-order valence-electron chi connectivity index (χ0n) is 6.52. The molecule has 0 atom stereocenters. The van der Waals surface area contributed by atoms with Gasteiger partial charge in [-0.3, -0.25) is 4.89 Å². The molecule has 0 aliphatic heterocycles. The summed E-state index contributed by atoms with van der Waals surface area (Å²) in [5.41, 5.74) is 0. The van der Waals surface area contributed by atoms with E-state index in [1.807, 2.05) is 18.2 Å². The zero-order chi connectivity index (χ0) is 8.10. The second-order valence-corrected chi connectivity index (χ2v) is 2.73. The summed E-state index contributed by atoms with van der Waals surface area (Å²) >= 11 is 8.92. The van der Waals surface area contributed by atoms with Crippen molar-refractivity contribution in [2.75, 3.05) is 0 Å². The van der Waals surface area contributed by atoms with Gasteiger partial charge in [0.1, 0.15) is 0 Å². The molecule has 0 N–H and O–H groups in total. The molecule has 0 heterocycles. The standard InChI is InChI=1S/C7H6O2S2.Na/c10-7(11)9-8-6-4-2-1-3-5-6;/h1-5H,(H,10,11);/q;+1/p-1. The smallest absolute Gasteiger partial charge is 0.386 e. The van der Waals surface area contributed by atoms with Gasteiger partial charge < -0.3 is 29.7 Å². The number of hydrogen-bond donors (Lipinski definition) is 0. The Morgan fingerprint density at radius 1 is 1.25 bits per heavy atom. The van der Waals surface area contributed by atoms with Crippen LogP contribution in [0.15, 0.2) is 30.3 Å². The fourth-order valence-corrected chi connectivity index (χ4v) is 0.626. The van der Waals surface area contributed by atoms with E-state index in [-0.39, 0.29) is 33.9 Å². The van der Waals surface area contributed by atoms with E-state index in [0.717, 1.165) is 0 Å². The molecule has 0 amide bonds. The molecule has 0 aliphatic rings. The van der Waals surface area contributed by atoms with Gasteiger partial charge >= 0.3 is 29.6 Å². The maximum absolute atomic E-state index is 4.72. The van der Waals surface area contributed by atoms with Crippen molar-refractivity contribution in [3.8, 4) is 5.75 Å². The molecule has 0 saturated heterocycles. The van der Waals surface area contributed by atoms with E-state index < -0.39 is 0 Å². The molecule has 0 unspecified atom stereocenters. The summed E-state index contributed by atoms with van der Waals surface area (Å²) in [5.74, 6) is 0.583. The minimum atomic E-state index is -0.0474.